The van der Waals surface area contributed by atoms with E-state index < -0.39 is 0 Å². The summed E-state index contributed by atoms with van der Waals surface area (Å²) in [6.07, 6.45) is 2.13. The number of likely N-dealkylation sites (N-methyl/N-ethyl adjacent to an activating group) is 1. The molecule has 1 amide bonds. The van der Waals surface area contributed by atoms with E-state index in [1.165, 1.54) is 11.3 Å². The normalized spacial score (nSPS) is 10.9. The van der Waals surface area contributed by atoms with Gasteiger partial charge in [-0.3, -0.25) is 4.79 Å². The van der Waals surface area contributed by atoms with Gasteiger partial charge in [-0.1, -0.05) is 32.1 Å². The standard InChI is InChI=1S/C14H27N5OS/c1-4-7-17-14-18-12(15)11(21-14)13(20)16-8-10-19(6-3)9-5-2/h4-10,15H2,1-3H3,(H,16,20)(H,17,18). The number of nitrogens with two attached hydrogens (primary N) is 1. The van der Waals surface area contributed by atoms with Crippen LogP contribution in [0.25, 0.3) is 0 Å². The van der Waals surface area contributed by atoms with Gasteiger partial charge in [-0.05, 0) is 25.9 Å². The quantitative estimate of drug-likeness (QED) is 0.615. The highest BCUT2D eigenvalue weighted by molar-refractivity contribution is 7.18. The summed E-state index contributed by atoms with van der Waals surface area (Å²) in [5.41, 5.74) is 5.81. The van der Waals surface area contributed by atoms with Crippen molar-refractivity contribution in [1.29, 1.82) is 0 Å². The molecule has 0 aliphatic carbocycles. The maximum atomic E-state index is 12.1. The molecular formula is C14H27N5OS. The van der Waals surface area contributed by atoms with Gasteiger partial charge in [0.15, 0.2) is 5.13 Å². The van der Waals surface area contributed by atoms with Crippen LogP contribution in [0.1, 0.15) is 43.3 Å². The molecule has 1 aromatic heterocycles. The molecule has 0 aromatic carbocycles. The Labute approximate surface area is 131 Å². The number of anilines is 2. The van der Waals surface area contributed by atoms with Crippen molar-refractivity contribution >= 4 is 28.2 Å². The predicted octanol–water partition coefficient (Wildman–Crippen LogP) is 2.01. The van der Waals surface area contributed by atoms with Crippen molar-refractivity contribution in [2.24, 2.45) is 0 Å². The second-order valence-corrected chi connectivity index (χ2v) is 5.85. The summed E-state index contributed by atoms with van der Waals surface area (Å²) in [4.78, 5) is 19.1. The number of nitrogens with one attached hydrogen (secondary N) is 2. The minimum absolute atomic E-state index is 0.137. The Kier molecular flexibility index (Phi) is 8.07. The first-order valence-corrected chi connectivity index (χ1v) is 8.44. The summed E-state index contributed by atoms with van der Waals surface area (Å²) in [5.74, 6) is 0.166. The maximum absolute atomic E-state index is 12.1. The molecule has 0 radical (unpaired) electrons. The first-order chi connectivity index (χ1) is 10.1. The molecule has 6 nitrogen and oxygen atoms in total. The fourth-order valence-corrected chi connectivity index (χ4v) is 2.78. The van der Waals surface area contributed by atoms with Crippen molar-refractivity contribution in [3.63, 3.8) is 0 Å². The molecule has 0 unspecified atom stereocenters. The SMILES string of the molecule is CCCNc1nc(N)c(C(=O)NCCN(CC)CCC)s1. The zero-order chi connectivity index (χ0) is 15.7. The van der Waals surface area contributed by atoms with E-state index in [1.807, 2.05) is 0 Å². The monoisotopic (exact) mass is 313 g/mol. The highest BCUT2D eigenvalue weighted by Gasteiger charge is 2.15. The van der Waals surface area contributed by atoms with Gasteiger partial charge in [0.25, 0.3) is 5.91 Å². The van der Waals surface area contributed by atoms with Gasteiger partial charge in [-0.25, -0.2) is 4.98 Å². The second-order valence-electron chi connectivity index (χ2n) is 4.85. The Hall–Kier alpha value is -1.34. The molecule has 1 heterocycles. The van der Waals surface area contributed by atoms with Crippen LogP contribution in [-0.4, -0.2) is 48.5 Å². The Bertz CT molecular complexity index is 435. The van der Waals surface area contributed by atoms with Crippen molar-refractivity contribution in [1.82, 2.24) is 15.2 Å². The first-order valence-electron chi connectivity index (χ1n) is 7.63. The number of carbonyl (C=O) groups excluding carboxylic acids is 1. The smallest absolute Gasteiger partial charge is 0.265 e. The lowest BCUT2D eigenvalue weighted by Gasteiger charge is -2.19. The van der Waals surface area contributed by atoms with E-state index in [1.54, 1.807) is 0 Å². The Balaban J connectivity index is 2.46. The van der Waals surface area contributed by atoms with Gasteiger partial charge in [-0.15, -0.1) is 0 Å². The molecule has 7 heteroatoms. The summed E-state index contributed by atoms with van der Waals surface area (Å²) < 4.78 is 0. The molecule has 0 bridgehead atoms. The molecule has 21 heavy (non-hydrogen) atoms. The lowest BCUT2D eigenvalue weighted by atomic mass is 10.4. The van der Waals surface area contributed by atoms with Crippen LogP contribution in [0.5, 0.6) is 0 Å². The number of nitrogen functional groups attached to an aromatic ring is 1. The lowest BCUT2D eigenvalue weighted by Crippen LogP contribution is -2.35. The molecule has 1 aromatic rings. The second kappa shape index (κ2) is 9.57. The van der Waals surface area contributed by atoms with E-state index in [-0.39, 0.29) is 5.91 Å². The fraction of sp³-hybridized carbons (Fsp3) is 0.714. The number of amides is 1. The van der Waals surface area contributed by atoms with Crippen LogP contribution < -0.4 is 16.4 Å². The molecule has 0 fully saturated rings. The van der Waals surface area contributed by atoms with Crippen molar-refractivity contribution < 1.29 is 4.79 Å². The van der Waals surface area contributed by atoms with E-state index in [4.69, 9.17) is 5.73 Å². The van der Waals surface area contributed by atoms with E-state index >= 15 is 0 Å². The Morgan fingerprint density at radius 3 is 2.62 bits per heavy atom. The summed E-state index contributed by atoms with van der Waals surface area (Å²) in [7, 11) is 0. The number of nitrogens with zero attached hydrogens (tertiary/aromatic N) is 2. The third kappa shape index (κ3) is 5.89. The molecular weight excluding hydrogens is 286 g/mol. The van der Waals surface area contributed by atoms with Crippen molar-refractivity contribution in [3.05, 3.63) is 4.88 Å². The van der Waals surface area contributed by atoms with Gasteiger partial charge in [0.05, 0.1) is 0 Å². The van der Waals surface area contributed by atoms with Gasteiger partial charge in [-0.2, -0.15) is 0 Å². The van der Waals surface area contributed by atoms with Crippen LogP contribution in [0, 0.1) is 0 Å². The van der Waals surface area contributed by atoms with Crippen molar-refractivity contribution in [2.75, 3.05) is 43.8 Å². The van der Waals surface area contributed by atoms with Crippen molar-refractivity contribution in [2.45, 2.75) is 33.6 Å². The highest BCUT2D eigenvalue weighted by Crippen LogP contribution is 2.24. The molecule has 0 aliphatic rings. The lowest BCUT2D eigenvalue weighted by molar-refractivity contribution is 0.0953. The van der Waals surface area contributed by atoms with Crippen molar-refractivity contribution in [3.8, 4) is 0 Å². The fourth-order valence-electron chi connectivity index (χ4n) is 1.95. The number of hydrogen-bond acceptors (Lipinski definition) is 6. The molecule has 0 spiro atoms. The van der Waals surface area contributed by atoms with Crippen LogP contribution in [0.4, 0.5) is 10.9 Å². The predicted molar refractivity (Wildman–Crippen MR) is 90.0 cm³/mol. The van der Waals surface area contributed by atoms with Gasteiger partial charge in [0, 0.05) is 19.6 Å². The van der Waals surface area contributed by atoms with Gasteiger partial charge < -0.3 is 21.3 Å². The summed E-state index contributed by atoms with van der Waals surface area (Å²) in [6, 6.07) is 0. The van der Waals surface area contributed by atoms with Gasteiger partial charge in [0.1, 0.15) is 10.7 Å². The average Bonchev–Trinajstić information content (AvgIpc) is 2.85. The van der Waals surface area contributed by atoms with Crippen LogP contribution in [-0.2, 0) is 0 Å². The van der Waals surface area contributed by atoms with E-state index in [0.717, 1.165) is 39.0 Å². The van der Waals surface area contributed by atoms with E-state index in [2.05, 4.69) is 41.3 Å². The molecule has 1 rings (SSSR count). The Morgan fingerprint density at radius 2 is 2.00 bits per heavy atom. The first kappa shape index (κ1) is 17.7. The van der Waals surface area contributed by atoms with Crippen LogP contribution in [0.15, 0.2) is 0 Å². The molecule has 120 valence electrons. The number of hydrogen-bond donors (Lipinski definition) is 3. The molecule has 0 atom stereocenters. The summed E-state index contributed by atoms with van der Waals surface area (Å²) >= 11 is 1.31. The highest BCUT2D eigenvalue weighted by atomic mass is 32.1. The minimum atomic E-state index is -0.137. The molecule has 0 saturated heterocycles. The zero-order valence-corrected chi connectivity index (χ0v) is 14.1. The molecule has 0 saturated carbocycles. The topological polar surface area (TPSA) is 83.3 Å². The summed E-state index contributed by atoms with van der Waals surface area (Å²) in [5, 5.41) is 6.77. The van der Waals surface area contributed by atoms with Crippen LogP contribution in [0.3, 0.4) is 0 Å². The molecule has 0 aliphatic heterocycles. The van der Waals surface area contributed by atoms with E-state index in [0.29, 0.717) is 22.4 Å². The van der Waals surface area contributed by atoms with Gasteiger partial charge >= 0.3 is 0 Å². The van der Waals surface area contributed by atoms with Crippen LogP contribution in [0.2, 0.25) is 0 Å². The summed E-state index contributed by atoms with van der Waals surface area (Å²) in [6.45, 7) is 10.7. The number of aromatic nitrogens is 1. The largest absolute Gasteiger partial charge is 0.382 e. The third-order valence-corrected chi connectivity index (χ3v) is 4.11. The molecule has 4 N–H and O–H groups in total. The maximum Gasteiger partial charge on any atom is 0.265 e. The Morgan fingerprint density at radius 1 is 1.24 bits per heavy atom. The zero-order valence-electron chi connectivity index (χ0n) is 13.2. The number of thiazole rings is 1. The van der Waals surface area contributed by atoms with E-state index in [9.17, 15) is 4.79 Å². The number of carbonyl (C=O) groups is 1. The average molecular weight is 313 g/mol. The van der Waals surface area contributed by atoms with Gasteiger partial charge in [0.2, 0.25) is 0 Å². The third-order valence-electron chi connectivity index (χ3n) is 3.09. The van der Waals surface area contributed by atoms with Crippen LogP contribution >= 0.6 is 11.3 Å². The number of rotatable bonds is 10. The minimum Gasteiger partial charge on any atom is -0.382 e.